The minimum atomic E-state index is -0.900. The maximum atomic E-state index is 10.1. The summed E-state index contributed by atoms with van der Waals surface area (Å²) in [6.45, 7) is 2.01. The van der Waals surface area contributed by atoms with Crippen molar-refractivity contribution in [3.63, 3.8) is 0 Å². The number of aliphatic carboxylic acids is 1. The Morgan fingerprint density at radius 2 is 1.80 bits per heavy atom. The van der Waals surface area contributed by atoms with E-state index in [-0.39, 0.29) is 0 Å². The van der Waals surface area contributed by atoms with E-state index in [1.807, 2.05) is 6.92 Å². The van der Waals surface area contributed by atoms with Gasteiger partial charge in [0.1, 0.15) is 25.0 Å². The number of carboxylic acid groups (broad SMARTS) is 1. The average Bonchev–Trinajstić information content (AvgIpc) is 2.29. The summed E-state index contributed by atoms with van der Waals surface area (Å²) in [7, 11) is 0. The van der Waals surface area contributed by atoms with E-state index in [2.05, 4.69) is 15.0 Å². The smallest absolute Gasteiger partial charge is 0.320 e. The van der Waals surface area contributed by atoms with Crippen LogP contribution in [0.15, 0.2) is 19.0 Å². The molecule has 15 heavy (non-hydrogen) atoms. The van der Waals surface area contributed by atoms with Gasteiger partial charge in [-0.1, -0.05) is 19.8 Å². The quantitative estimate of drug-likeness (QED) is 0.751. The van der Waals surface area contributed by atoms with Crippen LogP contribution in [-0.2, 0) is 4.79 Å². The Morgan fingerprint density at radius 1 is 1.33 bits per heavy atom. The van der Waals surface area contributed by atoms with Crippen molar-refractivity contribution in [1.82, 2.24) is 15.0 Å². The Kier molecular flexibility index (Phi) is 8.08. The molecule has 0 aliphatic heterocycles. The highest BCUT2D eigenvalue weighted by Crippen LogP contribution is 1.96. The van der Waals surface area contributed by atoms with Crippen LogP contribution in [0.4, 0.5) is 0 Å². The first kappa shape index (κ1) is 13.4. The molecule has 3 N–H and O–H groups in total. The van der Waals surface area contributed by atoms with Gasteiger partial charge in [0, 0.05) is 0 Å². The highest BCUT2D eigenvalue weighted by molar-refractivity contribution is 5.72. The molecule has 0 radical (unpaired) electrons. The molecule has 1 heterocycles. The van der Waals surface area contributed by atoms with Gasteiger partial charge in [0.2, 0.25) is 0 Å². The van der Waals surface area contributed by atoms with Gasteiger partial charge in [0.05, 0.1) is 0 Å². The minimum Gasteiger partial charge on any atom is -0.480 e. The van der Waals surface area contributed by atoms with Crippen LogP contribution in [0.25, 0.3) is 0 Å². The minimum absolute atomic E-state index is 0.589. The molecule has 84 valence electrons. The normalized spacial score (nSPS) is 11.1. The third-order valence-electron chi connectivity index (χ3n) is 1.59. The number of hydrogen-bond acceptors (Lipinski definition) is 5. The number of aromatic nitrogens is 3. The first-order valence-electron chi connectivity index (χ1n) is 4.71. The largest absolute Gasteiger partial charge is 0.480 e. The van der Waals surface area contributed by atoms with Crippen LogP contribution in [-0.4, -0.2) is 32.1 Å². The van der Waals surface area contributed by atoms with Gasteiger partial charge in [0.15, 0.2) is 0 Å². The highest BCUT2D eigenvalue weighted by atomic mass is 16.4. The summed E-state index contributed by atoms with van der Waals surface area (Å²) in [5.74, 6) is -0.900. The first-order valence-corrected chi connectivity index (χ1v) is 4.71. The summed E-state index contributed by atoms with van der Waals surface area (Å²) in [5, 5.41) is 8.28. The molecule has 6 heteroatoms. The Labute approximate surface area is 88.6 Å². The van der Waals surface area contributed by atoms with Crippen molar-refractivity contribution in [2.24, 2.45) is 5.73 Å². The van der Waals surface area contributed by atoms with Crippen LogP contribution in [0.5, 0.6) is 0 Å². The van der Waals surface area contributed by atoms with E-state index < -0.39 is 12.0 Å². The number of carbonyl (C=O) groups is 1. The van der Waals surface area contributed by atoms with Crippen molar-refractivity contribution in [3.05, 3.63) is 19.0 Å². The van der Waals surface area contributed by atoms with E-state index in [1.54, 1.807) is 0 Å². The van der Waals surface area contributed by atoms with Crippen LogP contribution < -0.4 is 5.73 Å². The van der Waals surface area contributed by atoms with Crippen LogP contribution in [0, 0.1) is 0 Å². The molecule has 0 aromatic carbocycles. The van der Waals surface area contributed by atoms with Crippen molar-refractivity contribution in [2.45, 2.75) is 32.2 Å². The summed E-state index contributed by atoms with van der Waals surface area (Å²) < 4.78 is 0. The van der Waals surface area contributed by atoms with Gasteiger partial charge >= 0.3 is 5.97 Å². The first-order chi connectivity index (χ1) is 7.18. The van der Waals surface area contributed by atoms with Crippen molar-refractivity contribution in [1.29, 1.82) is 0 Å². The van der Waals surface area contributed by atoms with Gasteiger partial charge in [0.25, 0.3) is 0 Å². The molecule has 0 saturated heterocycles. The van der Waals surface area contributed by atoms with Crippen molar-refractivity contribution in [3.8, 4) is 0 Å². The zero-order valence-electron chi connectivity index (χ0n) is 8.71. The molecule has 1 aromatic heterocycles. The number of rotatable bonds is 4. The lowest BCUT2D eigenvalue weighted by Crippen LogP contribution is -2.29. The third kappa shape index (κ3) is 8.76. The molecule has 0 bridgehead atoms. The molecule has 0 amide bonds. The van der Waals surface area contributed by atoms with E-state index in [1.165, 1.54) is 19.0 Å². The molecular formula is C9H16N4O2. The number of hydrogen-bond donors (Lipinski definition) is 2. The number of nitrogens with zero attached hydrogens (tertiary/aromatic N) is 3. The van der Waals surface area contributed by atoms with E-state index in [0.29, 0.717) is 6.42 Å². The Morgan fingerprint density at radius 3 is 2.07 bits per heavy atom. The van der Waals surface area contributed by atoms with E-state index in [9.17, 15) is 4.79 Å². The summed E-state index contributed by atoms with van der Waals surface area (Å²) in [6, 6.07) is -0.662. The maximum Gasteiger partial charge on any atom is 0.320 e. The van der Waals surface area contributed by atoms with E-state index in [0.717, 1.165) is 12.8 Å². The number of unbranched alkanes of at least 4 members (excludes halogenated alkanes) is 1. The second-order valence-corrected chi connectivity index (χ2v) is 2.88. The molecule has 0 fully saturated rings. The van der Waals surface area contributed by atoms with Crippen molar-refractivity contribution in [2.75, 3.05) is 0 Å². The Bertz CT molecular complexity index is 229. The molecule has 6 nitrogen and oxygen atoms in total. The molecule has 0 spiro atoms. The van der Waals surface area contributed by atoms with Gasteiger partial charge in [-0.3, -0.25) is 4.79 Å². The lowest BCUT2D eigenvalue weighted by molar-refractivity contribution is -0.138. The van der Waals surface area contributed by atoms with E-state index >= 15 is 0 Å². The zero-order chi connectivity index (χ0) is 11.5. The fourth-order valence-electron chi connectivity index (χ4n) is 0.752. The lowest BCUT2D eigenvalue weighted by Gasteiger charge is -2.02. The van der Waals surface area contributed by atoms with Crippen molar-refractivity contribution < 1.29 is 9.90 Å². The van der Waals surface area contributed by atoms with Crippen molar-refractivity contribution >= 4 is 5.97 Å². The molecule has 1 rings (SSSR count). The summed E-state index contributed by atoms with van der Waals surface area (Å²) in [6.07, 6.45) is 6.80. The second kappa shape index (κ2) is 9.01. The predicted molar refractivity (Wildman–Crippen MR) is 55.0 cm³/mol. The maximum absolute atomic E-state index is 10.1. The topological polar surface area (TPSA) is 102 Å². The molecule has 1 atom stereocenters. The summed E-state index contributed by atoms with van der Waals surface area (Å²) in [4.78, 5) is 20.8. The summed E-state index contributed by atoms with van der Waals surface area (Å²) in [5.41, 5.74) is 5.20. The Balaban J connectivity index is 0.000000280. The number of carboxylic acids is 1. The van der Waals surface area contributed by atoms with Gasteiger partial charge < -0.3 is 10.8 Å². The van der Waals surface area contributed by atoms with Crippen LogP contribution in [0.2, 0.25) is 0 Å². The fourth-order valence-corrected chi connectivity index (χ4v) is 0.752. The molecule has 0 aliphatic carbocycles. The Hall–Kier alpha value is -1.56. The van der Waals surface area contributed by atoms with Gasteiger partial charge in [-0.25, -0.2) is 15.0 Å². The average molecular weight is 212 g/mol. The molecule has 1 unspecified atom stereocenters. The fraction of sp³-hybridized carbons (Fsp3) is 0.556. The third-order valence-corrected chi connectivity index (χ3v) is 1.59. The molecule has 0 saturated carbocycles. The molecule has 0 aliphatic rings. The standard InChI is InChI=1S/C6H13NO2.C3H3N3/c1-2-3-4-5(7)6(8)9;1-4-2-6-3-5-1/h5H,2-4,7H2,1H3,(H,8,9);1-3H. The zero-order valence-corrected chi connectivity index (χ0v) is 8.71. The SMILES string of the molecule is CCCCC(N)C(=O)O.c1ncncn1. The molecular weight excluding hydrogens is 196 g/mol. The highest BCUT2D eigenvalue weighted by Gasteiger charge is 2.08. The van der Waals surface area contributed by atoms with E-state index in [4.69, 9.17) is 10.8 Å². The van der Waals surface area contributed by atoms with Crippen LogP contribution in [0.3, 0.4) is 0 Å². The molecule has 1 aromatic rings. The predicted octanol–water partition coefficient (Wildman–Crippen LogP) is 0.460. The van der Waals surface area contributed by atoms with Gasteiger partial charge in [-0.15, -0.1) is 0 Å². The lowest BCUT2D eigenvalue weighted by atomic mass is 10.1. The second-order valence-electron chi connectivity index (χ2n) is 2.88. The summed E-state index contributed by atoms with van der Waals surface area (Å²) >= 11 is 0. The van der Waals surface area contributed by atoms with Crippen LogP contribution in [0.1, 0.15) is 26.2 Å². The van der Waals surface area contributed by atoms with Gasteiger partial charge in [-0.05, 0) is 6.42 Å². The monoisotopic (exact) mass is 212 g/mol. The van der Waals surface area contributed by atoms with Crippen LogP contribution >= 0.6 is 0 Å². The van der Waals surface area contributed by atoms with Gasteiger partial charge in [-0.2, -0.15) is 0 Å². The number of nitrogens with two attached hydrogens (primary N) is 1.